The second-order valence-corrected chi connectivity index (χ2v) is 6.11. The van der Waals surface area contributed by atoms with Crippen molar-refractivity contribution in [2.24, 2.45) is 0 Å². The van der Waals surface area contributed by atoms with Crippen LogP contribution in [0.15, 0.2) is 42.6 Å². The normalized spacial score (nSPS) is 13.5. The first-order chi connectivity index (χ1) is 13.6. The van der Waals surface area contributed by atoms with Crippen molar-refractivity contribution in [3.05, 3.63) is 54.1 Å². The summed E-state index contributed by atoms with van der Waals surface area (Å²) in [4.78, 5) is 6.59. The van der Waals surface area contributed by atoms with Gasteiger partial charge < -0.3 is 14.4 Å². The molecule has 0 spiro atoms. The zero-order valence-electron chi connectivity index (χ0n) is 14.6. The lowest BCUT2D eigenvalue weighted by atomic mass is 10.2. The van der Waals surface area contributed by atoms with E-state index in [0.29, 0.717) is 17.3 Å². The average molecular weight is 391 g/mol. The van der Waals surface area contributed by atoms with Crippen molar-refractivity contribution in [1.29, 1.82) is 0 Å². The number of hydrogen-bond acceptors (Lipinski definition) is 6. The maximum Gasteiger partial charge on any atom is 0.387 e. The lowest BCUT2D eigenvalue weighted by molar-refractivity contribution is -0.0521. The summed E-state index contributed by atoms with van der Waals surface area (Å²) >= 11 is 0. The Morgan fingerprint density at radius 2 is 2.00 bits per heavy atom. The van der Waals surface area contributed by atoms with Gasteiger partial charge in [0.1, 0.15) is 18.1 Å². The zero-order chi connectivity index (χ0) is 19.5. The predicted molar refractivity (Wildman–Crippen MR) is 93.3 cm³/mol. The molecule has 28 heavy (non-hydrogen) atoms. The Morgan fingerprint density at radius 1 is 1.14 bits per heavy atom. The van der Waals surface area contributed by atoms with Crippen molar-refractivity contribution in [2.45, 2.75) is 19.6 Å². The molecule has 4 rings (SSSR count). The summed E-state index contributed by atoms with van der Waals surface area (Å²) < 4.78 is 49.4. The van der Waals surface area contributed by atoms with Gasteiger partial charge in [-0.3, -0.25) is 0 Å². The van der Waals surface area contributed by atoms with Crippen molar-refractivity contribution in [3.8, 4) is 17.3 Å². The minimum Gasteiger partial charge on any atom is -0.471 e. The topological polar surface area (TPSA) is 65.3 Å². The van der Waals surface area contributed by atoms with Crippen LogP contribution in [0.3, 0.4) is 0 Å². The van der Waals surface area contributed by atoms with Gasteiger partial charge in [0.15, 0.2) is 11.6 Å². The highest BCUT2D eigenvalue weighted by atomic mass is 19.3. The summed E-state index contributed by atoms with van der Waals surface area (Å²) in [7, 11) is 0. The monoisotopic (exact) mass is 391 g/mol. The summed E-state index contributed by atoms with van der Waals surface area (Å²) in [6, 6.07) is 9.08. The van der Waals surface area contributed by atoms with Gasteiger partial charge in [-0.05, 0) is 24.6 Å². The van der Waals surface area contributed by atoms with Crippen LogP contribution >= 0.6 is 0 Å². The third-order valence-corrected chi connectivity index (χ3v) is 4.19. The minimum absolute atomic E-state index is 0.123. The highest BCUT2D eigenvalue weighted by Crippen LogP contribution is 2.23. The summed E-state index contributed by atoms with van der Waals surface area (Å²) in [5, 5.41) is 7.88. The first-order valence-electron chi connectivity index (χ1n) is 8.59. The average Bonchev–Trinajstić information content (AvgIpc) is 3.09. The Labute approximate surface area is 158 Å². The number of anilines is 1. The van der Waals surface area contributed by atoms with E-state index in [4.69, 9.17) is 4.74 Å². The molecule has 0 atom stereocenters. The van der Waals surface area contributed by atoms with E-state index in [2.05, 4.69) is 24.9 Å². The molecule has 1 aromatic carbocycles. The predicted octanol–water partition coefficient (Wildman–Crippen LogP) is 3.19. The van der Waals surface area contributed by atoms with Gasteiger partial charge in [-0.2, -0.15) is 13.8 Å². The van der Waals surface area contributed by atoms with Crippen LogP contribution < -0.4 is 14.4 Å². The molecule has 0 saturated carbocycles. The molecule has 0 amide bonds. The highest BCUT2D eigenvalue weighted by molar-refractivity contribution is 5.42. The van der Waals surface area contributed by atoms with Gasteiger partial charge in [0, 0.05) is 25.2 Å². The second-order valence-electron chi connectivity index (χ2n) is 6.11. The van der Waals surface area contributed by atoms with Crippen molar-refractivity contribution in [1.82, 2.24) is 20.0 Å². The number of aromatic nitrogens is 4. The lowest BCUT2D eigenvalue weighted by Crippen LogP contribution is -2.37. The number of halogens is 3. The van der Waals surface area contributed by atoms with E-state index in [1.54, 1.807) is 12.3 Å². The van der Waals surface area contributed by atoms with Gasteiger partial charge in [-0.15, -0.1) is 5.10 Å². The molecule has 3 heterocycles. The second kappa shape index (κ2) is 7.75. The number of pyridine rings is 1. The van der Waals surface area contributed by atoms with Crippen LogP contribution in [0.5, 0.6) is 11.6 Å². The van der Waals surface area contributed by atoms with Crippen LogP contribution in [0.25, 0.3) is 5.69 Å². The first kappa shape index (κ1) is 18.1. The smallest absolute Gasteiger partial charge is 0.387 e. The summed E-state index contributed by atoms with van der Waals surface area (Å²) in [6.07, 6.45) is 2.71. The molecule has 3 aromatic rings. The molecule has 1 fully saturated rings. The minimum atomic E-state index is -3.12. The number of ether oxygens (including phenoxy) is 2. The molecule has 0 bridgehead atoms. The molecule has 0 unspecified atom stereocenters. The van der Waals surface area contributed by atoms with E-state index < -0.39 is 18.2 Å². The molecule has 2 aromatic heterocycles. The fraction of sp³-hybridized carbons (Fsp3) is 0.278. The van der Waals surface area contributed by atoms with Crippen molar-refractivity contribution >= 4 is 5.82 Å². The number of rotatable bonds is 7. The molecule has 0 aliphatic carbocycles. The van der Waals surface area contributed by atoms with E-state index in [1.807, 2.05) is 12.1 Å². The Hall–Kier alpha value is -3.30. The molecular formula is C18H16F3N5O2. The molecular weight excluding hydrogens is 375 g/mol. The fourth-order valence-electron chi connectivity index (χ4n) is 2.67. The Morgan fingerprint density at radius 3 is 2.75 bits per heavy atom. The standard InChI is InChI=1S/C18H16F3N5O2/c19-14-6-5-13(9-15(14)28-18(20)21)26-10-12(23-24-26)11-27-17-4-1-3-16(22-17)25-7-2-8-25/h1,3-6,9-10,18H,2,7-8,11H2. The van der Waals surface area contributed by atoms with E-state index in [-0.39, 0.29) is 6.61 Å². The summed E-state index contributed by atoms with van der Waals surface area (Å²) in [6.45, 7) is -1.03. The molecule has 1 aliphatic rings. The Balaban J connectivity index is 1.43. The van der Waals surface area contributed by atoms with Gasteiger partial charge >= 0.3 is 6.61 Å². The van der Waals surface area contributed by atoms with Gasteiger partial charge in [0.2, 0.25) is 5.88 Å². The molecule has 146 valence electrons. The van der Waals surface area contributed by atoms with Crippen LogP contribution in [0.4, 0.5) is 19.0 Å². The maximum atomic E-state index is 13.5. The van der Waals surface area contributed by atoms with E-state index in [0.717, 1.165) is 37.5 Å². The van der Waals surface area contributed by atoms with Crippen molar-refractivity contribution in [3.63, 3.8) is 0 Å². The highest BCUT2D eigenvalue weighted by Gasteiger charge is 2.16. The fourth-order valence-corrected chi connectivity index (χ4v) is 2.67. The number of hydrogen-bond donors (Lipinski definition) is 0. The van der Waals surface area contributed by atoms with Crippen LogP contribution in [-0.2, 0) is 6.61 Å². The number of alkyl halides is 2. The van der Waals surface area contributed by atoms with Crippen molar-refractivity contribution < 1.29 is 22.6 Å². The Kier molecular flexibility index (Phi) is 5.00. The van der Waals surface area contributed by atoms with Gasteiger partial charge in [-0.25, -0.2) is 9.07 Å². The first-order valence-corrected chi connectivity index (χ1v) is 8.59. The summed E-state index contributed by atoms with van der Waals surface area (Å²) in [5.74, 6) is -0.118. The zero-order valence-corrected chi connectivity index (χ0v) is 14.6. The van der Waals surface area contributed by atoms with E-state index in [1.165, 1.54) is 10.7 Å². The van der Waals surface area contributed by atoms with Crippen LogP contribution in [0.1, 0.15) is 12.1 Å². The Bertz CT molecular complexity index is 962. The molecule has 10 heteroatoms. The third kappa shape index (κ3) is 4.00. The van der Waals surface area contributed by atoms with Crippen molar-refractivity contribution in [2.75, 3.05) is 18.0 Å². The van der Waals surface area contributed by atoms with Gasteiger partial charge in [0.25, 0.3) is 0 Å². The lowest BCUT2D eigenvalue weighted by Gasteiger charge is -2.32. The molecule has 0 radical (unpaired) electrons. The van der Waals surface area contributed by atoms with Crippen LogP contribution in [-0.4, -0.2) is 39.7 Å². The quantitative estimate of drug-likeness (QED) is 0.616. The summed E-state index contributed by atoms with van der Waals surface area (Å²) in [5.41, 5.74) is 0.825. The molecule has 7 nitrogen and oxygen atoms in total. The SMILES string of the molecule is Fc1ccc(-n2cc(COc3cccc(N4CCC4)n3)nn2)cc1OC(F)F. The third-order valence-electron chi connectivity index (χ3n) is 4.19. The number of nitrogens with zero attached hydrogens (tertiary/aromatic N) is 5. The van der Waals surface area contributed by atoms with Gasteiger partial charge in [-0.1, -0.05) is 11.3 Å². The number of benzene rings is 1. The maximum absolute atomic E-state index is 13.5. The van der Waals surface area contributed by atoms with E-state index in [9.17, 15) is 13.2 Å². The van der Waals surface area contributed by atoms with Crippen LogP contribution in [0, 0.1) is 5.82 Å². The largest absolute Gasteiger partial charge is 0.471 e. The molecule has 1 aliphatic heterocycles. The van der Waals surface area contributed by atoms with E-state index >= 15 is 0 Å². The molecule has 0 N–H and O–H groups in total. The van der Waals surface area contributed by atoms with Crippen LogP contribution in [0.2, 0.25) is 0 Å². The molecule has 1 saturated heterocycles. The van der Waals surface area contributed by atoms with Gasteiger partial charge in [0.05, 0.1) is 11.9 Å².